The molecule has 1 heterocycles. The molecule has 0 aliphatic rings. The van der Waals surface area contributed by atoms with Gasteiger partial charge in [-0.15, -0.1) is 0 Å². The first-order chi connectivity index (χ1) is 9.43. The predicted molar refractivity (Wildman–Crippen MR) is 81.3 cm³/mol. The Kier molecular flexibility index (Phi) is 10.6. The van der Waals surface area contributed by atoms with E-state index in [2.05, 4.69) is 65.8 Å². The summed E-state index contributed by atoms with van der Waals surface area (Å²) in [6.45, 7) is 0. The number of aromatic nitrogens is 2. The van der Waals surface area contributed by atoms with Crippen LogP contribution in [-0.2, 0) is 26.7 Å². The molecule has 3 rings (SSSR count). The van der Waals surface area contributed by atoms with Gasteiger partial charge >= 0.3 is 20.4 Å². The van der Waals surface area contributed by atoms with Crippen LogP contribution in [0.15, 0.2) is 79.1 Å². The van der Waals surface area contributed by atoms with Crippen molar-refractivity contribution in [2.45, 2.75) is 6.29 Å². The zero-order chi connectivity index (χ0) is 12.9. The molecule has 2 aromatic carbocycles. The summed E-state index contributed by atoms with van der Waals surface area (Å²) in [6, 6.07) is 23.4. The molecule has 0 N–H and O–H groups in total. The van der Waals surface area contributed by atoms with Crippen molar-refractivity contribution in [3.05, 3.63) is 79.1 Å². The Balaban J connectivity index is 0.00000147. The molecule has 118 valence electrons. The van der Waals surface area contributed by atoms with Crippen LogP contribution < -0.4 is 35.4 Å². The second-order valence-corrected chi connectivity index (χ2v) is 6.46. The van der Waals surface area contributed by atoms with E-state index in [9.17, 15) is 0 Å². The molecular formula is C16H15Cl2N2PPd. The van der Waals surface area contributed by atoms with Gasteiger partial charge in [-0.05, 0) is 24.6 Å². The van der Waals surface area contributed by atoms with Gasteiger partial charge in [0, 0.05) is 12.4 Å². The van der Waals surface area contributed by atoms with Gasteiger partial charge in [-0.1, -0.05) is 60.7 Å². The van der Waals surface area contributed by atoms with Gasteiger partial charge in [0.15, 0.2) is 0 Å². The van der Waals surface area contributed by atoms with E-state index in [1.807, 2.05) is 23.1 Å². The van der Waals surface area contributed by atoms with Crippen LogP contribution >= 0.6 is 7.92 Å². The first kappa shape index (κ1) is 21.3. The summed E-state index contributed by atoms with van der Waals surface area (Å²) in [5, 5.41) is 7.12. The first-order valence-corrected chi connectivity index (χ1v) is 7.81. The number of hydrogen-bond acceptors (Lipinski definition) is 1. The summed E-state index contributed by atoms with van der Waals surface area (Å²) in [5.74, 6) is 0. The fourth-order valence-electron chi connectivity index (χ4n) is 2.06. The fraction of sp³-hybridized carbons (Fsp3) is 0.0625. The van der Waals surface area contributed by atoms with Crippen LogP contribution in [0.5, 0.6) is 0 Å². The van der Waals surface area contributed by atoms with Gasteiger partial charge in [-0.2, -0.15) is 5.10 Å². The molecular weight excluding hydrogens is 428 g/mol. The van der Waals surface area contributed by atoms with Gasteiger partial charge in [0.05, 0.1) is 6.29 Å². The SMILES string of the molecule is [Cl-].[Cl-].[Pd+2].c1ccc(P(Cn2cccn2)c2ccccc2)cc1. The Bertz CT molecular complexity index is 582. The summed E-state index contributed by atoms with van der Waals surface area (Å²) in [6.07, 6.45) is 4.79. The molecule has 0 aliphatic carbocycles. The smallest absolute Gasteiger partial charge is 1.00 e. The Hall–Kier alpha value is -0.678. The Morgan fingerprint density at radius 3 is 1.68 bits per heavy atom. The van der Waals surface area contributed by atoms with Crippen molar-refractivity contribution in [1.82, 2.24) is 9.78 Å². The second-order valence-electron chi connectivity index (χ2n) is 4.29. The quantitative estimate of drug-likeness (QED) is 0.310. The van der Waals surface area contributed by atoms with Crippen LogP contribution in [0.4, 0.5) is 0 Å². The third-order valence-electron chi connectivity index (χ3n) is 2.98. The molecule has 0 bridgehead atoms. The van der Waals surface area contributed by atoms with E-state index in [1.54, 1.807) is 0 Å². The van der Waals surface area contributed by atoms with Gasteiger partial charge in [-0.25, -0.2) is 0 Å². The zero-order valence-electron chi connectivity index (χ0n) is 11.6. The fourth-order valence-corrected chi connectivity index (χ4v) is 4.20. The third kappa shape index (κ3) is 5.51. The number of hydrogen-bond donors (Lipinski definition) is 0. The summed E-state index contributed by atoms with van der Waals surface area (Å²) in [4.78, 5) is 0. The number of rotatable bonds is 4. The Morgan fingerprint density at radius 1 is 0.773 bits per heavy atom. The first-order valence-electron chi connectivity index (χ1n) is 6.28. The average Bonchev–Trinajstić information content (AvgIpc) is 3.00. The molecule has 0 aliphatic heterocycles. The maximum absolute atomic E-state index is 4.34. The number of nitrogens with zero attached hydrogens (tertiary/aromatic N) is 2. The molecule has 0 unspecified atom stereocenters. The molecule has 0 saturated heterocycles. The summed E-state index contributed by atoms with van der Waals surface area (Å²) in [7, 11) is -0.401. The van der Waals surface area contributed by atoms with Crippen LogP contribution in [0.3, 0.4) is 0 Å². The van der Waals surface area contributed by atoms with Crippen LogP contribution in [0.1, 0.15) is 0 Å². The van der Waals surface area contributed by atoms with Crippen LogP contribution in [0.25, 0.3) is 0 Å². The van der Waals surface area contributed by atoms with E-state index < -0.39 is 7.92 Å². The molecule has 0 amide bonds. The minimum Gasteiger partial charge on any atom is -1.00 e. The molecule has 6 heteroatoms. The van der Waals surface area contributed by atoms with Gasteiger partial charge in [0.2, 0.25) is 0 Å². The maximum atomic E-state index is 4.34. The summed E-state index contributed by atoms with van der Waals surface area (Å²) in [5.41, 5.74) is 0. The van der Waals surface area contributed by atoms with Crippen molar-refractivity contribution in [2.75, 3.05) is 0 Å². The average molecular weight is 444 g/mol. The molecule has 0 radical (unpaired) electrons. The van der Waals surface area contributed by atoms with E-state index in [4.69, 9.17) is 0 Å². The van der Waals surface area contributed by atoms with E-state index >= 15 is 0 Å². The van der Waals surface area contributed by atoms with Crippen LogP contribution in [-0.4, -0.2) is 9.78 Å². The van der Waals surface area contributed by atoms with E-state index in [0.29, 0.717) is 0 Å². The topological polar surface area (TPSA) is 17.8 Å². The van der Waals surface area contributed by atoms with Crippen molar-refractivity contribution in [2.24, 2.45) is 0 Å². The maximum Gasteiger partial charge on any atom is 2.00 e. The molecule has 3 aromatic rings. The van der Waals surface area contributed by atoms with Crippen molar-refractivity contribution in [1.29, 1.82) is 0 Å². The monoisotopic (exact) mass is 442 g/mol. The molecule has 2 nitrogen and oxygen atoms in total. The van der Waals surface area contributed by atoms with Gasteiger partial charge in [-0.3, -0.25) is 4.68 Å². The van der Waals surface area contributed by atoms with E-state index in [0.717, 1.165) is 6.29 Å². The number of benzene rings is 2. The predicted octanol–water partition coefficient (Wildman–Crippen LogP) is -3.02. The minimum atomic E-state index is -0.401. The molecule has 0 saturated carbocycles. The molecule has 0 spiro atoms. The molecule has 1 aromatic heterocycles. The molecule has 22 heavy (non-hydrogen) atoms. The summed E-state index contributed by atoms with van der Waals surface area (Å²) >= 11 is 0. The van der Waals surface area contributed by atoms with Crippen molar-refractivity contribution >= 4 is 18.5 Å². The second kappa shape index (κ2) is 11.0. The Morgan fingerprint density at radius 2 is 1.27 bits per heavy atom. The largest absolute Gasteiger partial charge is 2.00 e. The van der Waals surface area contributed by atoms with Crippen LogP contribution in [0.2, 0.25) is 0 Å². The third-order valence-corrected chi connectivity index (χ3v) is 5.40. The Labute approximate surface area is 158 Å². The van der Waals surface area contributed by atoms with Crippen molar-refractivity contribution < 1.29 is 45.2 Å². The standard InChI is InChI=1S/C16H15N2P.2ClH.Pd/c1-3-8-15(9-4-1)19(14-18-13-7-12-17-18)16-10-5-2-6-11-16;;;/h1-13H,14H2;2*1H;/q;;;+2/p-2. The number of halogens is 2. The molecule has 0 atom stereocenters. The normalized spacial score (nSPS) is 9.32. The molecule has 0 fully saturated rings. The zero-order valence-corrected chi connectivity index (χ0v) is 15.6. The van der Waals surface area contributed by atoms with Gasteiger partial charge < -0.3 is 24.8 Å². The minimum absolute atomic E-state index is 0. The van der Waals surface area contributed by atoms with Crippen molar-refractivity contribution in [3.63, 3.8) is 0 Å². The summed E-state index contributed by atoms with van der Waals surface area (Å²) < 4.78 is 2.02. The van der Waals surface area contributed by atoms with Crippen LogP contribution in [0, 0.1) is 0 Å². The van der Waals surface area contributed by atoms with Gasteiger partial charge in [0.25, 0.3) is 0 Å². The van der Waals surface area contributed by atoms with Crippen molar-refractivity contribution in [3.8, 4) is 0 Å². The van der Waals surface area contributed by atoms with E-state index in [-0.39, 0.29) is 45.2 Å². The van der Waals surface area contributed by atoms with E-state index in [1.165, 1.54) is 10.6 Å². The van der Waals surface area contributed by atoms with Gasteiger partial charge in [0.1, 0.15) is 0 Å².